The van der Waals surface area contributed by atoms with E-state index in [-0.39, 0.29) is 30.4 Å². The lowest BCUT2D eigenvalue weighted by molar-refractivity contribution is -0.118. The van der Waals surface area contributed by atoms with Crippen LogP contribution >= 0.6 is 0 Å². The van der Waals surface area contributed by atoms with Crippen LogP contribution in [-0.2, 0) is 14.6 Å². The summed E-state index contributed by atoms with van der Waals surface area (Å²) in [5.74, 6) is 0.557. The normalized spacial score (nSPS) is 24.0. The zero-order valence-electron chi connectivity index (χ0n) is 11.5. The molecule has 0 aliphatic carbocycles. The van der Waals surface area contributed by atoms with E-state index in [2.05, 4.69) is 10.6 Å². The summed E-state index contributed by atoms with van der Waals surface area (Å²) in [6.45, 7) is 1.98. The molecule has 6 nitrogen and oxygen atoms in total. The third kappa shape index (κ3) is 3.08. The van der Waals surface area contributed by atoms with E-state index in [1.807, 2.05) is 25.1 Å². The van der Waals surface area contributed by atoms with Gasteiger partial charge in [-0.25, -0.2) is 8.42 Å². The van der Waals surface area contributed by atoms with Crippen molar-refractivity contribution < 1.29 is 17.9 Å². The number of fused-ring (bicyclic) bond motifs is 1. The molecule has 2 aliphatic rings. The van der Waals surface area contributed by atoms with E-state index in [1.165, 1.54) is 5.41 Å². The number of hydrogen-bond acceptors (Lipinski definition) is 5. The second kappa shape index (κ2) is 5.16. The molecular formula is C14H16N2O4S. The summed E-state index contributed by atoms with van der Waals surface area (Å²) in [5.41, 5.74) is 1.60. The molecule has 21 heavy (non-hydrogen) atoms. The molecular weight excluding hydrogens is 292 g/mol. The molecule has 0 saturated heterocycles. The van der Waals surface area contributed by atoms with E-state index < -0.39 is 9.84 Å². The van der Waals surface area contributed by atoms with Gasteiger partial charge in [0.2, 0.25) is 0 Å². The molecule has 2 heterocycles. The van der Waals surface area contributed by atoms with Gasteiger partial charge in [-0.3, -0.25) is 4.79 Å². The highest BCUT2D eigenvalue weighted by molar-refractivity contribution is 7.94. The van der Waals surface area contributed by atoms with Gasteiger partial charge in [0.1, 0.15) is 5.75 Å². The topological polar surface area (TPSA) is 84.5 Å². The SMILES string of the molecule is CC(NC1C=CS(=O)(=O)C1)c1ccc2c(c1)NC(=O)CO2. The van der Waals surface area contributed by atoms with Gasteiger partial charge < -0.3 is 15.4 Å². The maximum Gasteiger partial charge on any atom is 0.262 e. The van der Waals surface area contributed by atoms with Crippen LogP contribution in [-0.4, -0.2) is 32.7 Å². The van der Waals surface area contributed by atoms with Crippen LogP contribution in [0, 0.1) is 0 Å². The van der Waals surface area contributed by atoms with E-state index in [0.717, 1.165) is 5.56 Å². The average Bonchev–Trinajstić information content (AvgIpc) is 2.77. The molecule has 0 saturated carbocycles. The molecule has 0 fully saturated rings. The number of ether oxygens (including phenoxy) is 1. The third-order valence-corrected chi connectivity index (χ3v) is 4.93. The van der Waals surface area contributed by atoms with Gasteiger partial charge in [-0.05, 0) is 24.6 Å². The lowest BCUT2D eigenvalue weighted by atomic mass is 10.1. The first-order chi connectivity index (χ1) is 9.93. The minimum Gasteiger partial charge on any atom is -0.482 e. The maximum absolute atomic E-state index is 11.4. The predicted octanol–water partition coefficient (Wildman–Crippen LogP) is 0.979. The van der Waals surface area contributed by atoms with Crippen LogP contribution in [0.25, 0.3) is 0 Å². The average molecular weight is 308 g/mol. The summed E-state index contributed by atoms with van der Waals surface area (Å²) < 4.78 is 28.1. The maximum atomic E-state index is 11.4. The lowest BCUT2D eigenvalue weighted by Crippen LogP contribution is -2.32. The fourth-order valence-electron chi connectivity index (χ4n) is 2.47. The van der Waals surface area contributed by atoms with Crippen molar-refractivity contribution in [3.8, 4) is 5.75 Å². The molecule has 1 amide bonds. The number of carbonyl (C=O) groups excluding carboxylic acids is 1. The Morgan fingerprint density at radius 1 is 1.43 bits per heavy atom. The van der Waals surface area contributed by atoms with E-state index >= 15 is 0 Å². The molecule has 1 aromatic carbocycles. The predicted molar refractivity (Wildman–Crippen MR) is 78.8 cm³/mol. The Balaban J connectivity index is 1.73. The molecule has 2 atom stereocenters. The molecule has 2 unspecified atom stereocenters. The van der Waals surface area contributed by atoms with Crippen LogP contribution in [0.2, 0.25) is 0 Å². The number of carbonyl (C=O) groups is 1. The molecule has 0 radical (unpaired) electrons. The van der Waals surface area contributed by atoms with Crippen LogP contribution in [0.15, 0.2) is 29.7 Å². The van der Waals surface area contributed by atoms with Crippen molar-refractivity contribution in [1.29, 1.82) is 0 Å². The molecule has 1 aromatic rings. The van der Waals surface area contributed by atoms with Crippen molar-refractivity contribution in [2.75, 3.05) is 17.7 Å². The van der Waals surface area contributed by atoms with Crippen LogP contribution in [0.3, 0.4) is 0 Å². The number of anilines is 1. The lowest BCUT2D eigenvalue weighted by Gasteiger charge is -2.22. The van der Waals surface area contributed by atoms with Crippen molar-refractivity contribution in [3.05, 3.63) is 35.2 Å². The van der Waals surface area contributed by atoms with Crippen LogP contribution in [0.4, 0.5) is 5.69 Å². The van der Waals surface area contributed by atoms with Crippen LogP contribution < -0.4 is 15.4 Å². The number of hydrogen-bond donors (Lipinski definition) is 2. The fourth-order valence-corrected chi connectivity index (χ4v) is 3.72. The summed E-state index contributed by atoms with van der Waals surface area (Å²) in [6, 6.07) is 5.32. The summed E-state index contributed by atoms with van der Waals surface area (Å²) in [7, 11) is -3.06. The first-order valence-electron chi connectivity index (χ1n) is 6.66. The van der Waals surface area contributed by atoms with Crippen molar-refractivity contribution >= 4 is 21.4 Å². The second-order valence-corrected chi connectivity index (χ2v) is 7.18. The Kier molecular flexibility index (Phi) is 3.46. The van der Waals surface area contributed by atoms with Gasteiger partial charge in [0.25, 0.3) is 5.91 Å². The summed E-state index contributed by atoms with van der Waals surface area (Å²) >= 11 is 0. The Bertz CT molecular complexity index is 712. The van der Waals surface area contributed by atoms with E-state index in [0.29, 0.717) is 11.4 Å². The van der Waals surface area contributed by atoms with E-state index in [1.54, 1.807) is 6.08 Å². The standard InChI is InChI=1S/C14H16N2O4S/c1-9(15-11-4-5-21(18,19)8-11)10-2-3-13-12(6-10)16-14(17)7-20-13/h2-6,9,11,15H,7-8H2,1H3,(H,16,17). The highest BCUT2D eigenvalue weighted by Crippen LogP contribution is 2.30. The highest BCUT2D eigenvalue weighted by Gasteiger charge is 2.24. The molecule has 0 spiro atoms. The Morgan fingerprint density at radius 3 is 2.95 bits per heavy atom. The van der Waals surface area contributed by atoms with Gasteiger partial charge in [-0.2, -0.15) is 0 Å². The minimum atomic E-state index is -3.06. The zero-order valence-corrected chi connectivity index (χ0v) is 12.3. The van der Waals surface area contributed by atoms with Gasteiger partial charge in [-0.15, -0.1) is 0 Å². The van der Waals surface area contributed by atoms with Gasteiger partial charge >= 0.3 is 0 Å². The van der Waals surface area contributed by atoms with Crippen LogP contribution in [0.1, 0.15) is 18.5 Å². The second-order valence-electron chi connectivity index (χ2n) is 5.25. The van der Waals surface area contributed by atoms with Gasteiger partial charge in [0, 0.05) is 17.5 Å². The zero-order chi connectivity index (χ0) is 15.0. The number of sulfone groups is 1. The smallest absolute Gasteiger partial charge is 0.262 e. The third-order valence-electron chi connectivity index (χ3n) is 3.53. The van der Waals surface area contributed by atoms with E-state index in [9.17, 15) is 13.2 Å². The Labute approximate surface area is 123 Å². The van der Waals surface area contributed by atoms with Gasteiger partial charge in [0.15, 0.2) is 16.4 Å². The van der Waals surface area contributed by atoms with Crippen LogP contribution in [0.5, 0.6) is 5.75 Å². The molecule has 112 valence electrons. The highest BCUT2D eigenvalue weighted by atomic mass is 32.2. The largest absolute Gasteiger partial charge is 0.482 e. The molecule has 2 N–H and O–H groups in total. The van der Waals surface area contributed by atoms with E-state index in [4.69, 9.17) is 4.74 Å². The molecule has 7 heteroatoms. The fraction of sp³-hybridized carbons (Fsp3) is 0.357. The molecule has 0 bridgehead atoms. The van der Waals surface area contributed by atoms with Gasteiger partial charge in [0.05, 0.1) is 11.4 Å². The number of nitrogens with one attached hydrogen (secondary N) is 2. The molecule has 0 aromatic heterocycles. The molecule has 3 rings (SSSR count). The molecule has 2 aliphatic heterocycles. The first kappa shape index (κ1) is 14.1. The number of benzene rings is 1. The van der Waals surface area contributed by atoms with Crippen molar-refractivity contribution in [2.45, 2.75) is 19.0 Å². The summed E-state index contributed by atoms with van der Waals surface area (Å²) in [6.07, 6.45) is 1.66. The Morgan fingerprint density at radius 2 is 2.24 bits per heavy atom. The summed E-state index contributed by atoms with van der Waals surface area (Å²) in [4.78, 5) is 11.3. The van der Waals surface area contributed by atoms with Gasteiger partial charge in [-0.1, -0.05) is 12.1 Å². The monoisotopic (exact) mass is 308 g/mol. The first-order valence-corrected chi connectivity index (χ1v) is 8.38. The van der Waals surface area contributed by atoms with Crippen molar-refractivity contribution in [2.24, 2.45) is 0 Å². The minimum absolute atomic E-state index is 0.0326. The van der Waals surface area contributed by atoms with Crippen molar-refractivity contribution in [3.63, 3.8) is 0 Å². The summed E-state index contributed by atoms with van der Waals surface area (Å²) in [5, 5.41) is 7.26. The van der Waals surface area contributed by atoms with Crippen molar-refractivity contribution in [1.82, 2.24) is 5.32 Å². The number of rotatable bonds is 3. The quantitative estimate of drug-likeness (QED) is 0.869. The number of amides is 1. The Hall–Kier alpha value is -1.86.